The van der Waals surface area contributed by atoms with Gasteiger partial charge in [0.2, 0.25) is 0 Å². The van der Waals surface area contributed by atoms with Crippen molar-refractivity contribution in [3.8, 4) is 0 Å². The molecule has 130 valence electrons. The fourth-order valence-corrected chi connectivity index (χ4v) is 3.40. The lowest BCUT2D eigenvalue weighted by atomic mass is 9.97. The zero-order chi connectivity index (χ0) is 16.2. The molecule has 0 radical (unpaired) electrons. The fourth-order valence-electron chi connectivity index (χ4n) is 3.40. The molecule has 5 heteroatoms. The predicted molar refractivity (Wildman–Crippen MR) is 103 cm³/mol. The van der Waals surface area contributed by atoms with Crippen LogP contribution in [0, 0.1) is 0 Å². The van der Waals surface area contributed by atoms with Gasteiger partial charge >= 0.3 is 0 Å². The molecule has 0 bridgehead atoms. The number of hydrogen-bond donors (Lipinski definition) is 2. The second-order valence-corrected chi connectivity index (χ2v) is 6.08. The lowest BCUT2D eigenvalue weighted by molar-refractivity contribution is 0.140. The summed E-state index contributed by atoms with van der Waals surface area (Å²) < 4.78 is 0. The number of hydrogen-bond acceptors (Lipinski definition) is 4. The molecule has 1 aliphatic rings. The van der Waals surface area contributed by atoms with Crippen LogP contribution in [0.3, 0.4) is 0 Å². The molecule has 2 aromatic carbocycles. The Morgan fingerprint density at radius 1 is 1.00 bits per heavy atom. The van der Waals surface area contributed by atoms with Crippen molar-refractivity contribution in [1.29, 1.82) is 0 Å². The lowest BCUT2D eigenvalue weighted by Gasteiger charge is -2.43. The lowest BCUT2D eigenvalue weighted by Crippen LogP contribution is -2.47. The number of anilines is 2. The molecule has 0 aromatic heterocycles. The summed E-state index contributed by atoms with van der Waals surface area (Å²) in [7, 11) is 4.00. The SMILES string of the molecule is CNC[C@H](O)[C@H](c1ccccc1)N1CCN(C)c2ccccc21.Cl. The van der Waals surface area contributed by atoms with E-state index in [4.69, 9.17) is 0 Å². The number of aliphatic hydroxyl groups is 1. The summed E-state index contributed by atoms with van der Waals surface area (Å²) in [4.78, 5) is 4.62. The number of aliphatic hydroxyl groups excluding tert-OH is 1. The van der Waals surface area contributed by atoms with Gasteiger partial charge in [-0.05, 0) is 24.7 Å². The summed E-state index contributed by atoms with van der Waals surface area (Å²) in [5.74, 6) is 0. The van der Waals surface area contributed by atoms with Gasteiger partial charge in [0.15, 0.2) is 0 Å². The molecule has 3 rings (SSSR count). The summed E-state index contributed by atoms with van der Waals surface area (Å²) in [5, 5.41) is 13.9. The van der Waals surface area contributed by atoms with Crippen LogP contribution in [0.5, 0.6) is 0 Å². The van der Waals surface area contributed by atoms with Crippen molar-refractivity contribution in [2.24, 2.45) is 0 Å². The van der Waals surface area contributed by atoms with Gasteiger partial charge in [-0.15, -0.1) is 12.4 Å². The van der Waals surface area contributed by atoms with Crippen molar-refractivity contribution in [2.75, 3.05) is 43.5 Å². The molecule has 1 heterocycles. The summed E-state index contributed by atoms with van der Waals surface area (Å²) in [5.41, 5.74) is 3.55. The zero-order valence-electron chi connectivity index (χ0n) is 14.2. The van der Waals surface area contributed by atoms with Crippen LogP contribution < -0.4 is 15.1 Å². The zero-order valence-corrected chi connectivity index (χ0v) is 15.0. The van der Waals surface area contributed by atoms with E-state index in [1.165, 1.54) is 11.4 Å². The minimum absolute atomic E-state index is 0. The number of para-hydroxylation sites is 2. The normalized spacial score (nSPS) is 16.1. The maximum Gasteiger partial charge on any atom is 0.0909 e. The van der Waals surface area contributed by atoms with Crippen molar-refractivity contribution in [3.05, 3.63) is 60.2 Å². The van der Waals surface area contributed by atoms with Gasteiger partial charge in [-0.3, -0.25) is 0 Å². The average molecular weight is 348 g/mol. The number of rotatable bonds is 5. The number of nitrogens with zero attached hydrogens (tertiary/aromatic N) is 2. The van der Waals surface area contributed by atoms with Gasteiger partial charge in [0.05, 0.1) is 23.5 Å². The van der Waals surface area contributed by atoms with Crippen LogP contribution in [0.25, 0.3) is 0 Å². The summed E-state index contributed by atoms with van der Waals surface area (Å²) in [6.45, 7) is 2.41. The molecule has 0 aliphatic carbocycles. The molecule has 2 aromatic rings. The quantitative estimate of drug-likeness (QED) is 0.872. The highest BCUT2D eigenvalue weighted by Gasteiger charge is 2.31. The third-order valence-corrected chi connectivity index (χ3v) is 4.53. The van der Waals surface area contributed by atoms with Gasteiger partial charge in [-0.2, -0.15) is 0 Å². The van der Waals surface area contributed by atoms with Gasteiger partial charge in [0.1, 0.15) is 0 Å². The molecule has 0 fully saturated rings. The standard InChI is InChI=1S/C19H25N3O.ClH/c1-20-14-18(23)19(15-8-4-3-5-9-15)22-13-12-21(2)16-10-6-7-11-17(16)22;/h3-11,18-20,23H,12-14H2,1-2H3;1H/t18-,19-;/m0./s1. The van der Waals surface area contributed by atoms with Gasteiger partial charge < -0.3 is 20.2 Å². The first kappa shape index (κ1) is 18.6. The molecule has 0 spiro atoms. The van der Waals surface area contributed by atoms with E-state index < -0.39 is 6.10 Å². The molecule has 24 heavy (non-hydrogen) atoms. The Labute approximate surface area is 150 Å². The van der Waals surface area contributed by atoms with Crippen LogP contribution >= 0.6 is 12.4 Å². The van der Waals surface area contributed by atoms with E-state index in [9.17, 15) is 5.11 Å². The molecular formula is C19H26ClN3O. The van der Waals surface area contributed by atoms with Crippen LogP contribution in [-0.4, -0.2) is 44.9 Å². The molecule has 2 N–H and O–H groups in total. The van der Waals surface area contributed by atoms with Gasteiger partial charge in [-0.1, -0.05) is 42.5 Å². The van der Waals surface area contributed by atoms with E-state index in [1.54, 1.807) is 0 Å². The Balaban J connectivity index is 0.00000208. The van der Waals surface area contributed by atoms with Gasteiger partial charge in [0.25, 0.3) is 0 Å². The molecule has 4 nitrogen and oxygen atoms in total. The molecule has 0 saturated carbocycles. The van der Waals surface area contributed by atoms with Crippen molar-refractivity contribution in [1.82, 2.24) is 5.32 Å². The Morgan fingerprint density at radius 2 is 1.62 bits per heavy atom. The van der Waals surface area contributed by atoms with Crippen LogP contribution in [0.4, 0.5) is 11.4 Å². The Hall–Kier alpha value is -1.75. The average Bonchev–Trinajstić information content (AvgIpc) is 2.59. The van der Waals surface area contributed by atoms with E-state index in [0.29, 0.717) is 6.54 Å². The highest BCUT2D eigenvalue weighted by molar-refractivity contribution is 5.85. The topological polar surface area (TPSA) is 38.7 Å². The van der Waals surface area contributed by atoms with Crippen molar-refractivity contribution in [2.45, 2.75) is 12.1 Å². The Bertz CT molecular complexity index is 638. The number of nitrogens with one attached hydrogen (secondary N) is 1. The number of likely N-dealkylation sites (N-methyl/N-ethyl adjacent to an activating group) is 2. The third kappa shape index (κ3) is 3.66. The minimum Gasteiger partial charge on any atom is -0.389 e. The summed E-state index contributed by atoms with van der Waals surface area (Å²) >= 11 is 0. The maximum atomic E-state index is 10.8. The van der Waals surface area contributed by atoms with Crippen molar-refractivity contribution >= 4 is 23.8 Å². The predicted octanol–water partition coefficient (Wildman–Crippen LogP) is 2.69. The largest absolute Gasteiger partial charge is 0.389 e. The van der Waals surface area contributed by atoms with E-state index in [0.717, 1.165) is 18.7 Å². The van der Waals surface area contributed by atoms with Crippen LogP contribution in [0.1, 0.15) is 11.6 Å². The van der Waals surface area contributed by atoms with Crippen LogP contribution in [-0.2, 0) is 0 Å². The molecular weight excluding hydrogens is 322 g/mol. The first-order chi connectivity index (χ1) is 11.2. The van der Waals surface area contributed by atoms with Crippen molar-refractivity contribution in [3.63, 3.8) is 0 Å². The molecule has 0 amide bonds. The molecule has 2 atom stereocenters. The highest BCUT2D eigenvalue weighted by atomic mass is 35.5. The summed E-state index contributed by atoms with van der Waals surface area (Å²) in [6.07, 6.45) is -0.473. The van der Waals surface area contributed by atoms with Gasteiger partial charge in [0, 0.05) is 26.7 Å². The highest BCUT2D eigenvalue weighted by Crippen LogP contribution is 2.38. The van der Waals surface area contributed by atoms with E-state index in [-0.39, 0.29) is 18.4 Å². The first-order valence-corrected chi connectivity index (χ1v) is 8.17. The number of halogens is 1. The third-order valence-electron chi connectivity index (χ3n) is 4.53. The Morgan fingerprint density at radius 3 is 2.29 bits per heavy atom. The second kappa shape index (κ2) is 8.38. The number of benzene rings is 2. The smallest absolute Gasteiger partial charge is 0.0909 e. The number of fused-ring (bicyclic) bond motifs is 1. The maximum absolute atomic E-state index is 10.8. The monoisotopic (exact) mass is 347 g/mol. The van der Waals surface area contributed by atoms with Crippen LogP contribution in [0.2, 0.25) is 0 Å². The Kier molecular flexibility index (Phi) is 6.49. The fraction of sp³-hybridized carbons (Fsp3) is 0.368. The second-order valence-electron chi connectivity index (χ2n) is 6.08. The van der Waals surface area contributed by atoms with Crippen molar-refractivity contribution < 1.29 is 5.11 Å². The minimum atomic E-state index is -0.473. The molecule has 1 aliphatic heterocycles. The molecule has 0 saturated heterocycles. The first-order valence-electron chi connectivity index (χ1n) is 8.17. The van der Waals surface area contributed by atoms with E-state index >= 15 is 0 Å². The van der Waals surface area contributed by atoms with E-state index in [2.05, 4.69) is 58.6 Å². The summed E-state index contributed by atoms with van der Waals surface area (Å²) in [6, 6.07) is 18.7. The van der Waals surface area contributed by atoms with Crippen LogP contribution in [0.15, 0.2) is 54.6 Å². The van der Waals surface area contributed by atoms with Gasteiger partial charge in [-0.25, -0.2) is 0 Å². The van der Waals surface area contributed by atoms with E-state index in [1.807, 2.05) is 25.2 Å². The molecule has 0 unspecified atom stereocenters.